The summed E-state index contributed by atoms with van der Waals surface area (Å²) >= 11 is 0. The second kappa shape index (κ2) is 3.95. The molecule has 1 atom stereocenters. The number of hydrogen-bond acceptors (Lipinski definition) is 3. The molecule has 2 heterocycles. The summed E-state index contributed by atoms with van der Waals surface area (Å²) in [5.74, 6) is 0.802. The van der Waals surface area contributed by atoms with Gasteiger partial charge in [0.2, 0.25) is 0 Å². The maximum absolute atomic E-state index is 5.86. The van der Waals surface area contributed by atoms with E-state index in [1.165, 1.54) is 26.1 Å². The van der Waals surface area contributed by atoms with Crippen molar-refractivity contribution in [1.82, 2.24) is 9.80 Å². The fourth-order valence-corrected chi connectivity index (χ4v) is 2.24. The summed E-state index contributed by atoms with van der Waals surface area (Å²) in [6.07, 6.45) is 1.73. The molecular weight excluding hydrogens is 164 g/mol. The van der Waals surface area contributed by atoms with Gasteiger partial charge in [0.15, 0.2) is 0 Å². The number of hydrogen-bond donors (Lipinski definition) is 0. The molecule has 0 amide bonds. The highest BCUT2D eigenvalue weighted by molar-refractivity contribution is 4.78. The van der Waals surface area contributed by atoms with Crippen LogP contribution in [0, 0.1) is 5.92 Å². The molecular formula is C10H20N2O. The van der Waals surface area contributed by atoms with E-state index in [9.17, 15) is 0 Å². The molecule has 2 aliphatic heterocycles. The summed E-state index contributed by atoms with van der Waals surface area (Å²) in [5.41, 5.74) is 0. The number of ether oxygens (including phenoxy) is 1. The third-order valence-corrected chi connectivity index (χ3v) is 3.06. The lowest BCUT2D eigenvalue weighted by molar-refractivity contribution is -0.00883. The third kappa shape index (κ3) is 2.42. The van der Waals surface area contributed by atoms with Crippen molar-refractivity contribution >= 4 is 0 Å². The molecule has 0 aromatic carbocycles. The minimum Gasteiger partial charge on any atom is -0.376 e. The molecule has 76 valence electrons. The lowest BCUT2D eigenvalue weighted by Crippen LogP contribution is -2.46. The number of nitrogens with zero attached hydrogens (tertiary/aromatic N) is 2. The zero-order valence-corrected chi connectivity index (χ0v) is 8.70. The molecule has 0 bridgehead atoms. The Balaban J connectivity index is 1.58. The number of likely N-dealkylation sites (N-methyl/N-ethyl adjacent to an activating group) is 1. The molecule has 0 spiro atoms. The SMILES string of the molecule is CN1CC(COC2CCN(C)C2)C1. The molecule has 3 heteroatoms. The van der Waals surface area contributed by atoms with Gasteiger partial charge < -0.3 is 14.5 Å². The van der Waals surface area contributed by atoms with Gasteiger partial charge >= 0.3 is 0 Å². The van der Waals surface area contributed by atoms with Crippen molar-refractivity contribution in [3.05, 3.63) is 0 Å². The molecule has 0 radical (unpaired) electrons. The average Bonchev–Trinajstić information content (AvgIpc) is 2.43. The summed E-state index contributed by atoms with van der Waals surface area (Å²) < 4.78 is 5.86. The Morgan fingerprint density at radius 1 is 1.15 bits per heavy atom. The van der Waals surface area contributed by atoms with Crippen molar-refractivity contribution in [1.29, 1.82) is 0 Å². The normalized spacial score (nSPS) is 32.3. The number of likely N-dealkylation sites (tertiary alicyclic amines) is 2. The van der Waals surface area contributed by atoms with E-state index in [1.807, 2.05) is 0 Å². The fraction of sp³-hybridized carbons (Fsp3) is 1.00. The third-order valence-electron chi connectivity index (χ3n) is 3.06. The van der Waals surface area contributed by atoms with E-state index in [0.29, 0.717) is 6.10 Å². The van der Waals surface area contributed by atoms with Crippen LogP contribution in [0.3, 0.4) is 0 Å². The topological polar surface area (TPSA) is 15.7 Å². The molecule has 2 saturated heterocycles. The Labute approximate surface area is 80.6 Å². The largest absolute Gasteiger partial charge is 0.376 e. The molecule has 0 N–H and O–H groups in total. The van der Waals surface area contributed by atoms with Gasteiger partial charge in [-0.2, -0.15) is 0 Å². The van der Waals surface area contributed by atoms with Gasteiger partial charge in [-0.15, -0.1) is 0 Å². The van der Waals surface area contributed by atoms with Crippen molar-refractivity contribution in [2.45, 2.75) is 12.5 Å². The van der Waals surface area contributed by atoms with Crippen LogP contribution >= 0.6 is 0 Å². The summed E-state index contributed by atoms with van der Waals surface area (Å²) in [5, 5.41) is 0. The number of rotatable bonds is 3. The maximum atomic E-state index is 5.86. The monoisotopic (exact) mass is 184 g/mol. The van der Waals surface area contributed by atoms with E-state index in [0.717, 1.165) is 19.1 Å². The highest BCUT2D eigenvalue weighted by Crippen LogP contribution is 2.16. The Kier molecular flexibility index (Phi) is 2.86. The Morgan fingerprint density at radius 3 is 2.46 bits per heavy atom. The standard InChI is InChI=1S/C10H20N2O/c1-11-4-3-10(7-11)13-8-9-5-12(2)6-9/h9-10H,3-8H2,1-2H3. The Bertz CT molecular complexity index is 168. The first kappa shape index (κ1) is 9.44. The van der Waals surface area contributed by atoms with Crippen LogP contribution in [0.4, 0.5) is 0 Å². The van der Waals surface area contributed by atoms with Gasteiger partial charge in [-0.05, 0) is 20.5 Å². The Hall–Kier alpha value is -0.120. The first-order chi connectivity index (χ1) is 6.24. The van der Waals surface area contributed by atoms with E-state index in [4.69, 9.17) is 4.74 Å². The minimum atomic E-state index is 0.510. The van der Waals surface area contributed by atoms with Gasteiger partial charge in [0.1, 0.15) is 0 Å². The van der Waals surface area contributed by atoms with Crippen LogP contribution in [-0.2, 0) is 4.74 Å². The molecule has 13 heavy (non-hydrogen) atoms. The van der Waals surface area contributed by atoms with Gasteiger partial charge in [-0.25, -0.2) is 0 Å². The predicted molar refractivity (Wildman–Crippen MR) is 52.8 cm³/mol. The molecule has 0 aliphatic carbocycles. The summed E-state index contributed by atoms with van der Waals surface area (Å²) in [6.45, 7) is 5.76. The van der Waals surface area contributed by atoms with Crippen LogP contribution in [0.5, 0.6) is 0 Å². The lowest BCUT2D eigenvalue weighted by atomic mass is 10.0. The van der Waals surface area contributed by atoms with Gasteiger partial charge in [-0.1, -0.05) is 0 Å². The first-order valence-electron chi connectivity index (χ1n) is 5.22. The van der Waals surface area contributed by atoms with E-state index in [1.54, 1.807) is 0 Å². The fourth-order valence-electron chi connectivity index (χ4n) is 2.24. The maximum Gasteiger partial charge on any atom is 0.0714 e. The van der Waals surface area contributed by atoms with Crippen molar-refractivity contribution in [2.24, 2.45) is 5.92 Å². The molecule has 0 aromatic rings. The van der Waals surface area contributed by atoms with Gasteiger partial charge in [0.25, 0.3) is 0 Å². The molecule has 0 saturated carbocycles. The van der Waals surface area contributed by atoms with Crippen molar-refractivity contribution in [2.75, 3.05) is 46.9 Å². The Morgan fingerprint density at radius 2 is 1.92 bits per heavy atom. The van der Waals surface area contributed by atoms with Crippen LogP contribution in [0.25, 0.3) is 0 Å². The van der Waals surface area contributed by atoms with Gasteiger partial charge in [0.05, 0.1) is 12.7 Å². The van der Waals surface area contributed by atoms with Crippen LogP contribution < -0.4 is 0 Å². The second-order valence-corrected chi connectivity index (χ2v) is 4.59. The van der Waals surface area contributed by atoms with Crippen molar-refractivity contribution < 1.29 is 4.74 Å². The molecule has 2 fully saturated rings. The van der Waals surface area contributed by atoms with Crippen molar-refractivity contribution in [3.63, 3.8) is 0 Å². The molecule has 2 aliphatic rings. The van der Waals surface area contributed by atoms with E-state index in [2.05, 4.69) is 23.9 Å². The lowest BCUT2D eigenvalue weighted by Gasteiger charge is -2.36. The van der Waals surface area contributed by atoms with Gasteiger partial charge in [0, 0.05) is 32.1 Å². The second-order valence-electron chi connectivity index (χ2n) is 4.59. The predicted octanol–water partition coefficient (Wildman–Crippen LogP) is 0.269. The summed E-state index contributed by atoms with van der Waals surface area (Å²) in [6, 6.07) is 0. The summed E-state index contributed by atoms with van der Waals surface area (Å²) in [7, 11) is 4.33. The highest BCUT2D eigenvalue weighted by Gasteiger charge is 2.26. The summed E-state index contributed by atoms with van der Waals surface area (Å²) in [4.78, 5) is 4.69. The van der Waals surface area contributed by atoms with Crippen LogP contribution in [-0.4, -0.2) is 62.8 Å². The van der Waals surface area contributed by atoms with Crippen LogP contribution in [0.2, 0.25) is 0 Å². The zero-order chi connectivity index (χ0) is 9.26. The van der Waals surface area contributed by atoms with E-state index < -0.39 is 0 Å². The van der Waals surface area contributed by atoms with E-state index in [-0.39, 0.29) is 0 Å². The zero-order valence-electron chi connectivity index (χ0n) is 8.70. The van der Waals surface area contributed by atoms with Gasteiger partial charge in [-0.3, -0.25) is 0 Å². The smallest absolute Gasteiger partial charge is 0.0714 e. The van der Waals surface area contributed by atoms with Crippen LogP contribution in [0.15, 0.2) is 0 Å². The quantitative estimate of drug-likeness (QED) is 0.626. The molecule has 0 aromatic heterocycles. The molecule has 2 rings (SSSR count). The molecule has 1 unspecified atom stereocenters. The molecule has 3 nitrogen and oxygen atoms in total. The first-order valence-corrected chi connectivity index (χ1v) is 5.22. The van der Waals surface area contributed by atoms with Crippen molar-refractivity contribution in [3.8, 4) is 0 Å². The minimum absolute atomic E-state index is 0.510. The van der Waals surface area contributed by atoms with Crippen LogP contribution in [0.1, 0.15) is 6.42 Å². The average molecular weight is 184 g/mol. The van der Waals surface area contributed by atoms with E-state index >= 15 is 0 Å². The highest BCUT2D eigenvalue weighted by atomic mass is 16.5.